The van der Waals surface area contributed by atoms with E-state index in [2.05, 4.69) is 5.16 Å². The quantitative estimate of drug-likeness (QED) is 0.307. The van der Waals surface area contributed by atoms with Gasteiger partial charge in [0.2, 0.25) is 0 Å². The SMILES string of the molecule is Cc1ccccc1/C(N)=N/OC(=O)c1ccc(C)c([N+](=O)[O-])c1. The van der Waals surface area contributed by atoms with E-state index < -0.39 is 10.9 Å². The summed E-state index contributed by atoms with van der Waals surface area (Å²) in [7, 11) is 0. The van der Waals surface area contributed by atoms with Crippen molar-refractivity contribution < 1.29 is 14.6 Å². The van der Waals surface area contributed by atoms with Crippen LogP contribution in [0.4, 0.5) is 5.69 Å². The van der Waals surface area contributed by atoms with Crippen molar-refractivity contribution >= 4 is 17.5 Å². The van der Waals surface area contributed by atoms with Crippen molar-refractivity contribution in [3.63, 3.8) is 0 Å². The number of hydrogen-bond acceptors (Lipinski definition) is 5. The first kappa shape index (κ1) is 16.2. The molecular weight excluding hydrogens is 298 g/mol. The molecule has 0 fully saturated rings. The highest BCUT2D eigenvalue weighted by atomic mass is 16.7. The largest absolute Gasteiger partial charge is 0.380 e. The Hall–Kier alpha value is -3.22. The number of rotatable bonds is 4. The highest BCUT2D eigenvalue weighted by molar-refractivity contribution is 5.99. The number of nitro benzene ring substituents is 1. The van der Waals surface area contributed by atoms with E-state index in [-0.39, 0.29) is 17.1 Å². The molecule has 0 aliphatic heterocycles. The van der Waals surface area contributed by atoms with E-state index in [1.807, 2.05) is 19.1 Å². The van der Waals surface area contributed by atoms with Crippen LogP contribution in [0.25, 0.3) is 0 Å². The smallest absolute Gasteiger partial charge is 0.366 e. The monoisotopic (exact) mass is 313 g/mol. The van der Waals surface area contributed by atoms with Gasteiger partial charge in [-0.3, -0.25) is 10.1 Å². The summed E-state index contributed by atoms with van der Waals surface area (Å²) >= 11 is 0. The Balaban J connectivity index is 2.20. The van der Waals surface area contributed by atoms with Crippen LogP contribution in [0.3, 0.4) is 0 Å². The van der Waals surface area contributed by atoms with E-state index in [1.165, 1.54) is 12.1 Å². The predicted molar refractivity (Wildman–Crippen MR) is 85.2 cm³/mol. The Bertz CT molecular complexity index is 800. The molecule has 0 radical (unpaired) electrons. The minimum absolute atomic E-state index is 0.0311. The standard InChI is InChI=1S/C16H15N3O4/c1-10-5-3-4-6-13(10)15(17)18-23-16(20)12-8-7-11(2)14(9-12)19(21)22/h3-9H,1-2H3,(H2,17,18). The number of carbonyl (C=O) groups excluding carboxylic acids is 1. The fourth-order valence-corrected chi connectivity index (χ4v) is 1.99. The molecule has 2 aromatic carbocycles. The second-order valence-electron chi connectivity index (χ2n) is 4.93. The van der Waals surface area contributed by atoms with Crippen LogP contribution in [0.5, 0.6) is 0 Å². The first-order valence-corrected chi connectivity index (χ1v) is 6.76. The van der Waals surface area contributed by atoms with Crippen LogP contribution in [-0.2, 0) is 4.84 Å². The molecule has 0 saturated carbocycles. The van der Waals surface area contributed by atoms with Crippen LogP contribution in [-0.4, -0.2) is 16.7 Å². The van der Waals surface area contributed by atoms with Crippen molar-refractivity contribution in [2.45, 2.75) is 13.8 Å². The average molecular weight is 313 g/mol. The summed E-state index contributed by atoms with van der Waals surface area (Å²) in [5, 5.41) is 14.5. The number of nitrogens with two attached hydrogens (primary N) is 1. The molecule has 0 spiro atoms. The lowest BCUT2D eigenvalue weighted by Crippen LogP contribution is -2.16. The lowest BCUT2D eigenvalue weighted by atomic mass is 10.1. The molecule has 0 amide bonds. The minimum atomic E-state index is -0.815. The van der Waals surface area contributed by atoms with Gasteiger partial charge in [0.15, 0.2) is 5.84 Å². The van der Waals surface area contributed by atoms with E-state index in [1.54, 1.807) is 19.1 Å². The zero-order valence-electron chi connectivity index (χ0n) is 12.6. The van der Waals surface area contributed by atoms with E-state index >= 15 is 0 Å². The maximum absolute atomic E-state index is 11.9. The zero-order valence-corrected chi connectivity index (χ0v) is 12.6. The van der Waals surface area contributed by atoms with Gasteiger partial charge < -0.3 is 10.6 Å². The Morgan fingerprint density at radius 2 is 1.87 bits per heavy atom. The fourth-order valence-electron chi connectivity index (χ4n) is 1.99. The first-order chi connectivity index (χ1) is 10.9. The molecule has 0 unspecified atom stereocenters. The van der Waals surface area contributed by atoms with E-state index in [0.29, 0.717) is 11.1 Å². The van der Waals surface area contributed by atoms with Gasteiger partial charge in [0.25, 0.3) is 5.69 Å². The van der Waals surface area contributed by atoms with Crippen molar-refractivity contribution in [2.75, 3.05) is 0 Å². The molecule has 118 valence electrons. The molecule has 2 N–H and O–H groups in total. The number of nitro groups is 1. The molecule has 7 heteroatoms. The number of amidine groups is 1. The van der Waals surface area contributed by atoms with Crippen molar-refractivity contribution in [1.29, 1.82) is 0 Å². The van der Waals surface area contributed by atoms with Crippen LogP contribution in [0.1, 0.15) is 27.0 Å². The Morgan fingerprint density at radius 3 is 2.52 bits per heavy atom. The number of oxime groups is 1. The topological polar surface area (TPSA) is 108 Å². The Kier molecular flexibility index (Phi) is 4.70. The number of hydrogen-bond donors (Lipinski definition) is 1. The third kappa shape index (κ3) is 3.70. The Morgan fingerprint density at radius 1 is 1.17 bits per heavy atom. The van der Waals surface area contributed by atoms with Crippen molar-refractivity contribution in [1.82, 2.24) is 0 Å². The maximum atomic E-state index is 11.9. The number of carbonyl (C=O) groups is 1. The summed E-state index contributed by atoms with van der Waals surface area (Å²) < 4.78 is 0. The molecule has 2 aromatic rings. The summed E-state index contributed by atoms with van der Waals surface area (Å²) in [5.74, 6) is -0.761. The highest BCUT2D eigenvalue weighted by Crippen LogP contribution is 2.19. The van der Waals surface area contributed by atoms with E-state index in [4.69, 9.17) is 10.6 Å². The molecule has 2 rings (SSSR count). The molecule has 23 heavy (non-hydrogen) atoms. The average Bonchev–Trinajstić information content (AvgIpc) is 2.52. The van der Waals surface area contributed by atoms with Gasteiger partial charge in [0.1, 0.15) is 0 Å². The molecule has 0 aromatic heterocycles. The van der Waals surface area contributed by atoms with Crippen LogP contribution in [0.15, 0.2) is 47.6 Å². The van der Waals surface area contributed by atoms with E-state index in [0.717, 1.165) is 11.6 Å². The molecule has 0 atom stereocenters. The summed E-state index contributed by atoms with van der Waals surface area (Å²) in [6.07, 6.45) is 0. The molecule has 0 aliphatic rings. The van der Waals surface area contributed by atoms with Crippen LogP contribution >= 0.6 is 0 Å². The number of nitrogens with zero attached hydrogens (tertiary/aromatic N) is 2. The van der Waals surface area contributed by atoms with Crippen LogP contribution < -0.4 is 5.73 Å². The Labute approximate surface area is 132 Å². The predicted octanol–water partition coefficient (Wildman–Crippen LogP) is 2.69. The van der Waals surface area contributed by atoms with Gasteiger partial charge in [-0.15, -0.1) is 0 Å². The van der Waals surface area contributed by atoms with Crippen LogP contribution in [0.2, 0.25) is 0 Å². The summed E-state index contributed by atoms with van der Waals surface area (Å²) in [6, 6.07) is 11.3. The molecular formula is C16H15N3O4. The van der Waals surface area contributed by atoms with Crippen molar-refractivity contribution in [3.05, 3.63) is 74.8 Å². The second kappa shape index (κ2) is 6.69. The summed E-state index contributed by atoms with van der Waals surface area (Å²) in [6.45, 7) is 3.43. The van der Waals surface area contributed by atoms with Gasteiger partial charge >= 0.3 is 5.97 Å². The summed E-state index contributed by atoms with van der Waals surface area (Å²) in [5.41, 5.74) is 7.65. The van der Waals surface area contributed by atoms with Gasteiger partial charge in [0.05, 0.1) is 10.5 Å². The number of aryl methyl sites for hydroxylation is 2. The third-order valence-electron chi connectivity index (χ3n) is 3.29. The maximum Gasteiger partial charge on any atom is 0.366 e. The highest BCUT2D eigenvalue weighted by Gasteiger charge is 2.16. The first-order valence-electron chi connectivity index (χ1n) is 6.76. The van der Waals surface area contributed by atoms with Crippen molar-refractivity contribution in [2.24, 2.45) is 10.9 Å². The molecule has 0 heterocycles. The van der Waals surface area contributed by atoms with E-state index in [9.17, 15) is 14.9 Å². The molecule has 0 bridgehead atoms. The third-order valence-corrected chi connectivity index (χ3v) is 3.29. The fraction of sp³-hybridized carbons (Fsp3) is 0.125. The normalized spacial score (nSPS) is 11.1. The molecule has 0 saturated heterocycles. The van der Waals surface area contributed by atoms with Crippen molar-refractivity contribution in [3.8, 4) is 0 Å². The molecule has 7 nitrogen and oxygen atoms in total. The summed E-state index contributed by atoms with van der Waals surface area (Å²) in [4.78, 5) is 27.1. The van der Waals surface area contributed by atoms with Gasteiger partial charge in [0, 0.05) is 17.2 Å². The van der Waals surface area contributed by atoms with Gasteiger partial charge in [-0.1, -0.05) is 35.5 Å². The van der Waals surface area contributed by atoms with Gasteiger partial charge in [-0.25, -0.2) is 4.79 Å². The zero-order chi connectivity index (χ0) is 17.0. The lowest BCUT2D eigenvalue weighted by molar-refractivity contribution is -0.385. The minimum Gasteiger partial charge on any atom is -0.380 e. The second-order valence-corrected chi connectivity index (χ2v) is 4.93. The van der Waals surface area contributed by atoms with Crippen LogP contribution in [0, 0.1) is 24.0 Å². The lowest BCUT2D eigenvalue weighted by Gasteiger charge is -2.04. The van der Waals surface area contributed by atoms with Gasteiger partial charge in [-0.05, 0) is 25.5 Å². The number of benzene rings is 2. The molecule has 0 aliphatic carbocycles. The van der Waals surface area contributed by atoms with Gasteiger partial charge in [-0.2, -0.15) is 0 Å².